The first-order chi connectivity index (χ1) is 10.1. The van der Waals surface area contributed by atoms with E-state index in [1.807, 2.05) is 0 Å². The Balaban J connectivity index is 2.15. The van der Waals surface area contributed by atoms with Gasteiger partial charge < -0.3 is 15.4 Å². The minimum absolute atomic E-state index is 0.0427. The van der Waals surface area contributed by atoms with E-state index in [1.165, 1.54) is 12.1 Å². The monoisotopic (exact) mass is 293 g/mol. The quantitative estimate of drug-likeness (QED) is 0.634. The van der Waals surface area contributed by atoms with Crippen LogP contribution in [-0.4, -0.2) is 37.6 Å². The van der Waals surface area contributed by atoms with Crippen molar-refractivity contribution in [2.45, 2.75) is 12.8 Å². The van der Waals surface area contributed by atoms with Crippen LogP contribution in [0.4, 0.5) is 11.4 Å². The summed E-state index contributed by atoms with van der Waals surface area (Å²) in [5.74, 6) is -0.147. The summed E-state index contributed by atoms with van der Waals surface area (Å²) < 4.78 is 5.21. The molecule has 0 saturated carbocycles. The molecule has 1 fully saturated rings. The zero-order valence-corrected chi connectivity index (χ0v) is 11.9. The number of rotatable bonds is 5. The molecule has 114 valence electrons. The number of nitro benzene ring substituents is 1. The van der Waals surface area contributed by atoms with Gasteiger partial charge in [0.15, 0.2) is 0 Å². The molecule has 2 N–H and O–H groups in total. The second-order valence-corrected chi connectivity index (χ2v) is 5.22. The molecule has 2 rings (SSSR count). The maximum Gasteiger partial charge on any atom is 0.271 e. The SMILES string of the molecule is COCC1(C(=O)Nc2cccc([N+](=O)[O-])c2)CCNCC1. The molecule has 0 radical (unpaired) electrons. The lowest BCUT2D eigenvalue weighted by Gasteiger charge is -2.35. The second kappa shape index (κ2) is 6.64. The number of nitrogens with zero attached hydrogens (tertiary/aromatic N) is 1. The van der Waals surface area contributed by atoms with Crippen LogP contribution in [0.2, 0.25) is 0 Å². The summed E-state index contributed by atoms with van der Waals surface area (Å²) >= 11 is 0. The molecule has 0 spiro atoms. The minimum Gasteiger partial charge on any atom is -0.384 e. The van der Waals surface area contributed by atoms with Gasteiger partial charge in [-0.3, -0.25) is 14.9 Å². The molecule has 1 heterocycles. The third kappa shape index (κ3) is 3.56. The lowest BCUT2D eigenvalue weighted by atomic mass is 9.78. The molecule has 0 aromatic heterocycles. The van der Waals surface area contributed by atoms with Gasteiger partial charge in [-0.25, -0.2) is 0 Å². The van der Waals surface area contributed by atoms with Gasteiger partial charge in [-0.2, -0.15) is 0 Å². The molecular weight excluding hydrogens is 274 g/mol. The molecule has 1 aromatic carbocycles. The van der Waals surface area contributed by atoms with Crippen molar-refractivity contribution < 1.29 is 14.5 Å². The van der Waals surface area contributed by atoms with E-state index in [1.54, 1.807) is 19.2 Å². The zero-order valence-electron chi connectivity index (χ0n) is 11.9. The third-order valence-electron chi connectivity index (χ3n) is 3.78. The van der Waals surface area contributed by atoms with Crippen molar-refractivity contribution in [3.8, 4) is 0 Å². The summed E-state index contributed by atoms with van der Waals surface area (Å²) in [5.41, 5.74) is -0.188. The number of hydrogen-bond donors (Lipinski definition) is 2. The predicted molar refractivity (Wildman–Crippen MR) is 78.1 cm³/mol. The first-order valence-corrected chi connectivity index (χ1v) is 6.83. The smallest absolute Gasteiger partial charge is 0.271 e. The Morgan fingerprint density at radius 1 is 1.48 bits per heavy atom. The molecule has 7 nitrogen and oxygen atoms in total. The molecule has 0 atom stereocenters. The van der Waals surface area contributed by atoms with E-state index < -0.39 is 10.3 Å². The van der Waals surface area contributed by atoms with Crippen LogP contribution in [0.25, 0.3) is 0 Å². The van der Waals surface area contributed by atoms with Gasteiger partial charge in [0, 0.05) is 24.9 Å². The standard InChI is InChI=1S/C14H19N3O4/c1-21-10-14(5-7-15-8-6-14)13(18)16-11-3-2-4-12(9-11)17(19)20/h2-4,9,15H,5-8,10H2,1H3,(H,16,18). The van der Waals surface area contributed by atoms with Gasteiger partial charge >= 0.3 is 0 Å². The Kier molecular flexibility index (Phi) is 4.87. The Hall–Kier alpha value is -1.99. The minimum atomic E-state index is -0.579. The zero-order chi connectivity index (χ0) is 15.3. The fraction of sp³-hybridized carbons (Fsp3) is 0.500. The second-order valence-electron chi connectivity index (χ2n) is 5.22. The molecule has 1 aromatic rings. The number of nitro groups is 1. The summed E-state index contributed by atoms with van der Waals surface area (Å²) in [4.78, 5) is 22.9. The van der Waals surface area contributed by atoms with Gasteiger partial charge in [-0.1, -0.05) is 6.07 Å². The highest BCUT2D eigenvalue weighted by atomic mass is 16.6. The Bertz CT molecular complexity index is 521. The molecule has 0 unspecified atom stereocenters. The third-order valence-corrected chi connectivity index (χ3v) is 3.78. The van der Waals surface area contributed by atoms with Gasteiger partial charge in [0.2, 0.25) is 5.91 Å². The van der Waals surface area contributed by atoms with Crippen molar-refractivity contribution in [3.63, 3.8) is 0 Å². The van der Waals surface area contributed by atoms with E-state index in [9.17, 15) is 14.9 Å². The molecule has 1 saturated heterocycles. The highest BCUT2D eigenvalue weighted by molar-refractivity contribution is 5.95. The number of ether oxygens (including phenoxy) is 1. The van der Waals surface area contributed by atoms with Gasteiger partial charge in [0.25, 0.3) is 5.69 Å². The first kappa shape index (κ1) is 15.4. The number of anilines is 1. The topological polar surface area (TPSA) is 93.5 Å². The fourth-order valence-electron chi connectivity index (χ4n) is 2.58. The van der Waals surface area contributed by atoms with Crippen molar-refractivity contribution in [1.29, 1.82) is 0 Å². The van der Waals surface area contributed by atoms with Crippen LogP contribution >= 0.6 is 0 Å². The average molecular weight is 293 g/mol. The normalized spacial score (nSPS) is 17.2. The number of nitrogens with one attached hydrogen (secondary N) is 2. The lowest BCUT2D eigenvalue weighted by Crippen LogP contribution is -2.47. The van der Waals surface area contributed by atoms with Crippen molar-refractivity contribution in [2.24, 2.45) is 5.41 Å². The fourth-order valence-corrected chi connectivity index (χ4v) is 2.58. The van der Waals surface area contributed by atoms with E-state index in [4.69, 9.17) is 4.74 Å². The highest BCUT2D eigenvalue weighted by Crippen LogP contribution is 2.31. The van der Waals surface area contributed by atoms with Gasteiger partial charge in [-0.05, 0) is 32.0 Å². The van der Waals surface area contributed by atoms with E-state index in [0.29, 0.717) is 25.1 Å². The molecule has 7 heteroatoms. The van der Waals surface area contributed by atoms with E-state index in [2.05, 4.69) is 10.6 Å². The van der Waals surface area contributed by atoms with Crippen molar-refractivity contribution in [3.05, 3.63) is 34.4 Å². The first-order valence-electron chi connectivity index (χ1n) is 6.83. The molecule has 1 aliphatic rings. The molecule has 1 amide bonds. The van der Waals surface area contributed by atoms with E-state index in [-0.39, 0.29) is 11.6 Å². The van der Waals surface area contributed by atoms with Crippen LogP contribution in [0.5, 0.6) is 0 Å². The van der Waals surface area contributed by atoms with Gasteiger partial charge in [-0.15, -0.1) is 0 Å². The maximum atomic E-state index is 12.6. The Morgan fingerprint density at radius 2 is 2.19 bits per heavy atom. The van der Waals surface area contributed by atoms with Crippen LogP contribution in [0.1, 0.15) is 12.8 Å². The molecule has 1 aliphatic heterocycles. The van der Waals surface area contributed by atoms with Crippen molar-refractivity contribution in [2.75, 3.05) is 32.1 Å². The van der Waals surface area contributed by atoms with Crippen LogP contribution in [-0.2, 0) is 9.53 Å². The van der Waals surface area contributed by atoms with Crippen molar-refractivity contribution in [1.82, 2.24) is 5.32 Å². The number of carbonyl (C=O) groups is 1. The molecule has 0 bridgehead atoms. The summed E-state index contributed by atoms with van der Waals surface area (Å²) in [6, 6.07) is 5.95. The number of amides is 1. The largest absolute Gasteiger partial charge is 0.384 e. The molecule has 21 heavy (non-hydrogen) atoms. The Morgan fingerprint density at radius 3 is 2.81 bits per heavy atom. The van der Waals surface area contributed by atoms with Gasteiger partial charge in [0.1, 0.15) is 0 Å². The summed E-state index contributed by atoms with van der Waals surface area (Å²) in [6.45, 7) is 1.85. The molecule has 0 aliphatic carbocycles. The lowest BCUT2D eigenvalue weighted by molar-refractivity contribution is -0.384. The summed E-state index contributed by atoms with van der Waals surface area (Å²) in [7, 11) is 1.57. The number of methoxy groups -OCH3 is 1. The molecular formula is C14H19N3O4. The van der Waals surface area contributed by atoms with Crippen LogP contribution in [0.3, 0.4) is 0 Å². The number of benzene rings is 1. The van der Waals surface area contributed by atoms with Crippen molar-refractivity contribution >= 4 is 17.3 Å². The number of piperidine rings is 1. The predicted octanol–water partition coefficient (Wildman–Crippen LogP) is 1.55. The highest BCUT2D eigenvalue weighted by Gasteiger charge is 2.39. The van der Waals surface area contributed by atoms with Crippen LogP contribution in [0, 0.1) is 15.5 Å². The average Bonchev–Trinajstić information content (AvgIpc) is 2.48. The van der Waals surface area contributed by atoms with Gasteiger partial charge in [0.05, 0.1) is 16.9 Å². The summed E-state index contributed by atoms with van der Waals surface area (Å²) in [6.07, 6.45) is 1.36. The van der Waals surface area contributed by atoms with Crippen LogP contribution < -0.4 is 10.6 Å². The van der Waals surface area contributed by atoms with Crippen LogP contribution in [0.15, 0.2) is 24.3 Å². The number of carbonyl (C=O) groups excluding carboxylic acids is 1. The summed E-state index contributed by atoms with van der Waals surface area (Å²) in [5, 5.41) is 16.8. The van der Waals surface area contributed by atoms with E-state index >= 15 is 0 Å². The number of hydrogen-bond acceptors (Lipinski definition) is 5. The van der Waals surface area contributed by atoms with E-state index in [0.717, 1.165) is 13.1 Å². The number of non-ortho nitro benzene ring substituents is 1. The maximum absolute atomic E-state index is 12.6. The Labute approximate surface area is 122 Å².